The van der Waals surface area contributed by atoms with Gasteiger partial charge in [0.05, 0.1) is 4.92 Å². The number of nitro benzene ring substituents is 1. The van der Waals surface area contributed by atoms with Gasteiger partial charge < -0.3 is 4.90 Å². The average molecular weight is 357 g/mol. The van der Waals surface area contributed by atoms with Crippen molar-refractivity contribution in [3.8, 4) is 0 Å². The molecule has 0 radical (unpaired) electrons. The summed E-state index contributed by atoms with van der Waals surface area (Å²) < 4.78 is 13.8. The standard InChI is InChI=1S/C19H20FN3O3/c1-14-16(6-4-8-18(14)23(25)26)19(24)22-11-9-21(10-12-22)13-15-5-2-3-7-17(15)20/h2-8H,9-13H2,1H3. The molecular formula is C19H20FN3O3. The molecule has 7 heteroatoms. The second kappa shape index (κ2) is 7.61. The fraction of sp³-hybridized carbons (Fsp3) is 0.316. The predicted molar refractivity (Wildman–Crippen MR) is 95.4 cm³/mol. The predicted octanol–water partition coefficient (Wildman–Crippen LogP) is 3.00. The second-order valence-electron chi connectivity index (χ2n) is 6.37. The van der Waals surface area contributed by atoms with E-state index in [9.17, 15) is 19.3 Å². The number of rotatable bonds is 4. The average Bonchev–Trinajstić information content (AvgIpc) is 2.64. The van der Waals surface area contributed by atoms with Crippen molar-refractivity contribution in [2.45, 2.75) is 13.5 Å². The Labute approximate surface area is 151 Å². The highest BCUT2D eigenvalue weighted by Crippen LogP contribution is 2.23. The largest absolute Gasteiger partial charge is 0.336 e. The van der Waals surface area contributed by atoms with Gasteiger partial charge in [0.25, 0.3) is 11.6 Å². The molecule has 2 aromatic carbocycles. The van der Waals surface area contributed by atoms with E-state index in [0.717, 1.165) is 0 Å². The minimum atomic E-state index is -0.474. The molecule has 0 unspecified atom stereocenters. The Morgan fingerprint density at radius 1 is 1.12 bits per heavy atom. The molecule has 1 saturated heterocycles. The zero-order valence-electron chi connectivity index (χ0n) is 14.5. The Morgan fingerprint density at radius 2 is 1.81 bits per heavy atom. The maximum Gasteiger partial charge on any atom is 0.273 e. The highest BCUT2D eigenvalue weighted by molar-refractivity contribution is 5.96. The summed E-state index contributed by atoms with van der Waals surface area (Å²) in [6, 6.07) is 11.2. The molecule has 2 aromatic rings. The van der Waals surface area contributed by atoms with Crippen LogP contribution in [-0.4, -0.2) is 46.8 Å². The number of benzene rings is 2. The molecule has 1 amide bonds. The molecule has 136 valence electrons. The number of nitrogens with zero attached hydrogens (tertiary/aromatic N) is 3. The smallest absolute Gasteiger partial charge is 0.273 e. The first kappa shape index (κ1) is 18.0. The molecule has 1 aliphatic heterocycles. The van der Waals surface area contributed by atoms with Crippen molar-refractivity contribution < 1.29 is 14.1 Å². The lowest BCUT2D eigenvalue weighted by Crippen LogP contribution is -2.48. The van der Waals surface area contributed by atoms with Crippen LogP contribution >= 0.6 is 0 Å². The van der Waals surface area contributed by atoms with E-state index in [4.69, 9.17) is 0 Å². The zero-order chi connectivity index (χ0) is 18.7. The summed E-state index contributed by atoms with van der Waals surface area (Å²) in [6.45, 7) is 4.39. The van der Waals surface area contributed by atoms with Gasteiger partial charge in [-0.05, 0) is 19.1 Å². The monoisotopic (exact) mass is 357 g/mol. The van der Waals surface area contributed by atoms with Gasteiger partial charge in [-0.3, -0.25) is 19.8 Å². The topological polar surface area (TPSA) is 66.7 Å². The van der Waals surface area contributed by atoms with Crippen LogP contribution in [0, 0.1) is 22.9 Å². The van der Waals surface area contributed by atoms with Crippen molar-refractivity contribution in [1.29, 1.82) is 0 Å². The summed E-state index contributed by atoms with van der Waals surface area (Å²) >= 11 is 0. The Balaban J connectivity index is 1.65. The molecule has 26 heavy (non-hydrogen) atoms. The van der Waals surface area contributed by atoms with Crippen LogP contribution in [0.3, 0.4) is 0 Å². The van der Waals surface area contributed by atoms with Crippen LogP contribution in [0.15, 0.2) is 42.5 Å². The van der Waals surface area contributed by atoms with E-state index in [0.29, 0.717) is 49.4 Å². The molecule has 0 atom stereocenters. The van der Waals surface area contributed by atoms with Crippen molar-refractivity contribution in [3.63, 3.8) is 0 Å². The molecule has 3 rings (SSSR count). The van der Waals surface area contributed by atoms with Gasteiger partial charge >= 0.3 is 0 Å². The number of halogens is 1. The van der Waals surface area contributed by atoms with Crippen LogP contribution in [0.1, 0.15) is 21.5 Å². The summed E-state index contributed by atoms with van der Waals surface area (Å²) in [7, 11) is 0. The van der Waals surface area contributed by atoms with Crippen LogP contribution < -0.4 is 0 Å². The molecule has 0 aliphatic carbocycles. The number of amides is 1. The number of nitro groups is 1. The number of piperazine rings is 1. The van der Waals surface area contributed by atoms with Crippen molar-refractivity contribution in [2.75, 3.05) is 26.2 Å². The molecule has 0 N–H and O–H groups in total. The maximum atomic E-state index is 13.8. The normalized spacial score (nSPS) is 15.1. The number of carbonyl (C=O) groups excluding carboxylic acids is 1. The van der Waals surface area contributed by atoms with E-state index in [-0.39, 0.29) is 17.4 Å². The first-order chi connectivity index (χ1) is 12.5. The highest BCUT2D eigenvalue weighted by Gasteiger charge is 2.25. The molecule has 6 nitrogen and oxygen atoms in total. The molecule has 0 saturated carbocycles. The number of carbonyl (C=O) groups is 1. The van der Waals surface area contributed by atoms with Crippen LogP contribution in [0.2, 0.25) is 0 Å². The van der Waals surface area contributed by atoms with Gasteiger partial charge in [-0.2, -0.15) is 0 Å². The minimum Gasteiger partial charge on any atom is -0.336 e. The van der Waals surface area contributed by atoms with Gasteiger partial charge in [-0.15, -0.1) is 0 Å². The van der Waals surface area contributed by atoms with Crippen molar-refractivity contribution >= 4 is 11.6 Å². The van der Waals surface area contributed by atoms with Crippen molar-refractivity contribution in [1.82, 2.24) is 9.80 Å². The first-order valence-electron chi connectivity index (χ1n) is 8.46. The maximum absolute atomic E-state index is 13.8. The van der Waals surface area contributed by atoms with Crippen molar-refractivity contribution in [2.24, 2.45) is 0 Å². The first-order valence-corrected chi connectivity index (χ1v) is 8.46. The van der Waals surface area contributed by atoms with E-state index in [1.165, 1.54) is 18.2 Å². The van der Waals surface area contributed by atoms with Crippen LogP contribution in [0.25, 0.3) is 0 Å². The lowest BCUT2D eigenvalue weighted by molar-refractivity contribution is -0.385. The summed E-state index contributed by atoms with van der Waals surface area (Å²) in [5.74, 6) is -0.421. The van der Waals surface area contributed by atoms with Crippen molar-refractivity contribution in [3.05, 3.63) is 75.1 Å². The summed E-state index contributed by atoms with van der Waals surface area (Å²) in [4.78, 5) is 27.1. The minimum absolute atomic E-state index is 0.0472. The fourth-order valence-corrected chi connectivity index (χ4v) is 3.20. The lowest BCUT2D eigenvalue weighted by Gasteiger charge is -2.35. The zero-order valence-corrected chi connectivity index (χ0v) is 14.5. The van der Waals surface area contributed by atoms with Crippen LogP contribution in [0.5, 0.6) is 0 Å². The van der Waals surface area contributed by atoms with Gasteiger partial charge in [0.1, 0.15) is 5.82 Å². The van der Waals surface area contributed by atoms with Gasteiger partial charge in [0, 0.05) is 55.5 Å². The third kappa shape index (κ3) is 3.72. The quantitative estimate of drug-likeness (QED) is 0.623. The van der Waals surface area contributed by atoms with Gasteiger partial charge in [0.2, 0.25) is 0 Å². The Hall–Kier alpha value is -2.80. The molecule has 0 aromatic heterocycles. The van der Waals surface area contributed by atoms with E-state index in [1.807, 2.05) is 6.07 Å². The number of hydrogen-bond acceptors (Lipinski definition) is 4. The van der Waals surface area contributed by atoms with Crippen LogP contribution in [-0.2, 0) is 6.54 Å². The van der Waals surface area contributed by atoms with E-state index >= 15 is 0 Å². The highest BCUT2D eigenvalue weighted by atomic mass is 19.1. The van der Waals surface area contributed by atoms with E-state index in [2.05, 4.69) is 4.90 Å². The third-order valence-corrected chi connectivity index (χ3v) is 4.74. The SMILES string of the molecule is Cc1c(C(=O)N2CCN(Cc3ccccc3F)CC2)cccc1[N+](=O)[O-]. The Morgan fingerprint density at radius 3 is 2.46 bits per heavy atom. The molecule has 1 aliphatic rings. The number of hydrogen-bond donors (Lipinski definition) is 0. The Bertz CT molecular complexity index is 833. The third-order valence-electron chi connectivity index (χ3n) is 4.74. The molecular weight excluding hydrogens is 337 g/mol. The van der Waals surface area contributed by atoms with E-state index < -0.39 is 4.92 Å². The van der Waals surface area contributed by atoms with Gasteiger partial charge in [0.15, 0.2) is 0 Å². The molecule has 0 bridgehead atoms. The van der Waals surface area contributed by atoms with E-state index in [1.54, 1.807) is 30.0 Å². The lowest BCUT2D eigenvalue weighted by atomic mass is 10.1. The second-order valence-corrected chi connectivity index (χ2v) is 6.37. The molecule has 1 fully saturated rings. The van der Waals surface area contributed by atoms with Gasteiger partial charge in [-0.25, -0.2) is 4.39 Å². The van der Waals surface area contributed by atoms with Gasteiger partial charge in [-0.1, -0.05) is 24.3 Å². The van der Waals surface area contributed by atoms with Crippen LogP contribution in [0.4, 0.5) is 10.1 Å². The molecule has 1 heterocycles. The fourth-order valence-electron chi connectivity index (χ4n) is 3.20. The summed E-state index contributed by atoms with van der Waals surface area (Å²) in [5, 5.41) is 11.1. The molecule has 0 spiro atoms. The summed E-state index contributed by atoms with van der Waals surface area (Å²) in [6.07, 6.45) is 0. The summed E-state index contributed by atoms with van der Waals surface area (Å²) in [5.41, 5.74) is 1.34. The Kier molecular flexibility index (Phi) is 5.27.